The van der Waals surface area contributed by atoms with Gasteiger partial charge in [0.1, 0.15) is 0 Å². The van der Waals surface area contributed by atoms with Crippen molar-refractivity contribution in [3.63, 3.8) is 0 Å². The molecule has 0 aliphatic heterocycles. The number of carboxylic acid groups (broad SMARTS) is 1. The van der Waals surface area contributed by atoms with E-state index >= 15 is 0 Å². The molecule has 0 aliphatic carbocycles. The maximum Gasteiger partial charge on any atom is 1.00 e. The molecule has 4 nitrogen and oxygen atoms in total. The van der Waals surface area contributed by atoms with Gasteiger partial charge in [-0.15, -0.1) is 0 Å². The molecule has 0 fully saturated rings. The molecule has 0 N–H and O–H groups in total. The van der Waals surface area contributed by atoms with Gasteiger partial charge < -0.3 is 14.5 Å². The Hall–Kier alpha value is -1.76. The van der Waals surface area contributed by atoms with E-state index in [4.69, 9.17) is 0 Å². The van der Waals surface area contributed by atoms with Crippen LogP contribution in [0.2, 0.25) is 0 Å². The molecule has 5 heteroatoms. The van der Waals surface area contributed by atoms with E-state index in [2.05, 4.69) is 0 Å². The molecule has 0 spiro atoms. The van der Waals surface area contributed by atoms with Crippen LogP contribution in [0.4, 0.5) is 0 Å². The molecule has 0 aliphatic rings. The van der Waals surface area contributed by atoms with Gasteiger partial charge in [-0.05, 0) is 24.6 Å². The van der Waals surface area contributed by atoms with Crippen LogP contribution in [0, 0.1) is 6.92 Å². The van der Waals surface area contributed by atoms with Gasteiger partial charge in [0.2, 0.25) is 5.78 Å². The number of carbonyl (C=O) groups is 2. The molecule has 3 rings (SSSR count). The molecule has 0 atom stereocenters. The molecular formula is C22H18KNO3. The fourth-order valence-electron chi connectivity index (χ4n) is 2.75. The summed E-state index contributed by atoms with van der Waals surface area (Å²) < 4.78 is 1.83. The van der Waals surface area contributed by atoms with Crippen LogP contribution in [-0.2, 0) is 6.54 Å². The number of aromatic carboxylic acids is 1. The summed E-state index contributed by atoms with van der Waals surface area (Å²) in [6, 6.07) is 17.7. The average Bonchev–Trinajstić information content (AvgIpc) is 3.10. The van der Waals surface area contributed by atoms with Crippen molar-refractivity contribution >= 4 is 17.8 Å². The number of carbonyl (C=O) groups excluding carboxylic acids is 2. The van der Waals surface area contributed by atoms with Gasteiger partial charge in [0.15, 0.2) is 0 Å². The zero-order valence-electron chi connectivity index (χ0n) is 15.4. The maximum atomic E-state index is 12.7. The van der Waals surface area contributed by atoms with Crippen LogP contribution in [0.3, 0.4) is 0 Å². The SMILES string of the molecule is Cc1ccc(C(=O)c2cccn2C/C=C/c2ccccc2C(=O)[O-])cc1.[K+]. The molecule has 1 aromatic heterocycles. The Morgan fingerprint density at radius 1 is 1.00 bits per heavy atom. The topological polar surface area (TPSA) is 62.1 Å². The number of benzene rings is 2. The Balaban J connectivity index is 0.00000261. The molecule has 0 saturated carbocycles. The standard InChI is InChI=1S/C22H19NO3.K/c1-16-10-12-18(13-11-16)21(24)20-9-5-15-23(20)14-4-7-17-6-2-3-8-19(17)22(25)26;/h2-13,15H,14H2,1H3,(H,25,26);/q;+1/p-1/b7-4+;. The third kappa shape index (κ3) is 5.37. The van der Waals surface area contributed by atoms with E-state index in [-0.39, 0.29) is 62.7 Å². The number of ketones is 1. The summed E-state index contributed by atoms with van der Waals surface area (Å²) in [5.74, 6) is -1.25. The van der Waals surface area contributed by atoms with Crippen molar-refractivity contribution in [1.29, 1.82) is 0 Å². The largest absolute Gasteiger partial charge is 1.00 e. The van der Waals surface area contributed by atoms with Gasteiger partial charge in [0.05, 0.1) is 11.7 Å². The van der Waals surface area contributed by atoms with Gasteiger partial charge in [0.25, 0.3) is 0 Å². The second-order valence-electron chi connectivity index (χ2n) is 6.02. The monoisotopic (exact) mass is 383 g/mol. The number of allylic oxidation sites excluding steroid dienone is 1. The van der Waals surface area contributed by atoms with Crippen molar-refractivity contribution in [3.05, 3.63) is 101 Å². The Kier molecular flexibility index (Phi) is 7.95. The number of nitrogens with zero attached hydrogens (tertiary/aromatic N) is 1. The second kappa shape index (κ2) is 9.97. The predicted molar refractivity (Wildman–Crippen MR) is 98.9 cm³/mol. The number of rotatable bonds is 6. The summed E-state index contributed by atoms with van der Waals surface area (Å²) in [5, 5.41) is 11.1. The molecule has 130 valence electrons. The van der Waals surface area contributed by atoms with E-state index in [1.807, 2.05) is 54.1 Å². The molecule has 0 amide bonds. The first kappa shape index (κ1) is 21.5. The van der Waals surface area contributed by atoms with Crippen LogP contribution >= 0.6 is 0 Å². The fourth-order valence-corrected chi connectivity index (χ4v) is 2.75. The minimum absolute atomic E-state index is 0. The van der Waals surface area contributed by atoms with E-state index in [1.54, 1.807) is 30.3 Å². The van der Waals surface area contributed by atoms with Gasteiger partial charge in [0, 0.05) is 23.9 Å². The molecule has 27 heavy (non-hydrogen) atoms. The van der Waals surface area contributed by atoms with Crippen LogP contribution < -0.4 is 56.5 Å². The van der Waals surface area contributed by atoms with Gasteiger partial charge >= 0.3 is 51.4 Å². The summed E-state index contributed by atoms with van der Waals surface area (Å²) in [4.78, 5) is 23.8. The van der Waals surface area contributed by atoms with Crippen LogP contribution in [0.1, 0.15) is 37.5 Å². The minimum atomic E-state index is -1.21. The first-order chi connectivity index (χ1) is 12.6. The quantitative estimate of drug-likeness (QED) is 0.448. The maximum absolute atomic E-state index is 12.7. The van der Waals surface area contributed by atoms with Gasteiger partial charge in [-0.25, -0.2) is 0 Å². The van der Waals surface area contributed by atoms with Crippen LogP contribution in [0.25, 0.3) is 6.08 Å². The van der Waals surface area contributed by atoms with Crippen molar-refractivity contribution in [1.82, 2.24) is 4.57 Å². The van der Waals surface area contributed by atoms with Crippen molar-refractivity contribution in [2.75, 3.05) is 0 Å². The summed E-state index contributed by atoms with van der Waals surface area (Å²) >= 11 is 0. The minimum Gasteiger partial charge on any atom is -0.545 e. The molecule has 0 saturated heterocycles. The van der Waals surface area contributed by atoms with Crippen molar-refractivity contribution in [2.45, 2.75) is 13.5 Å². The smallest absolute Gasteiger partial charge is 0.545 e. The Morgan fingerprint density at radius 3 is 2.41 bits per heavy atom. The molecular weight excluding hydrogens is 365 g/mol. The summed E-state index contributed by atoms with van der Waals surface area (Å²) in [6.07, 6.45) is 5.38. The fraction of sp³-hybridized carbons (Fsp3) is 0.0909. The average molecular weight is 383 g/mol. The molecule has 2 aromatic carbocycles. The Labute approximate surface area is 201 Å². The van der Waals surface area contributed by atoms with E-state index < -0.39 is 5.97 Å². The summed E-state index contributed by atoms with van der Waals surface area (Å²) in [7, 11) is 0. The molecule has 1 heterocycles. The molecule has 0 radical (unpaired) electrons. The Morgan fingerprint density at radius 2 is 1.70 bits per heavy atom. The number of aryl methyl sites for hydroxylation is 1. The number of hydrogen-bond donors (Lipinski definition) is 0. The first-order valence-corrected chi connectivity index (χ1v) is 8.29. The van der Waals surface area contributed by atoms with E-state index in [0.29, 0.717) is 23.4 Å². The molecule has 0 unspecified atom stereocenters. The van der Waals surface area contributed by atoms with E-state index in [1.165, 1.54) is 6.07 Å². The second-order valence-corrected chi connectivity index (χ2v) is 6.02. The predicted octanol–water partition coefficient (Wildman–Crippen LogP) is 0.108. The van der Waals surface area contributed by atoms with Crippen molar-refractivity contribution in [2.24, 2.45) is 0 Å². The van der Waals surface area contributed by atoms with Crippen LogP contribution in [0.5, 0.6) is 0 Å². The summed E-state index contributed by atoms with van der Waals surface area (Å²) in [5.41, 5.74) is 3.05. The number of carboxylic acids is 1. The van der Waals surface area contributed by atoms with Gasteiger partial charge in [-0.1, -0.05) is 66.2 Å². The van der Waals surface area contributed by atoms with Crippen molar-refractivity contribution < 1.29 is 66.1 Å². The van der Waals surface area contributed by atoms with E-state index in [9.17, 15) is 14.7 Å². The third-order valence-electron chi connectivity index (χ3n) is 4.16. The van der Waals surface area contributed by atoms with E-state index in [0.717, 1.165) is 5.56 Å². The Bertz CT molecular complexity index is 971. The molecule has 0 bridgehead atoms. The first-order valence-electron chi connectivity index (χ1n) is 8.29. The zero-order valence-corrected chi connectivity index (χ0v) is 18.5. The third-order valence-corrected chi connectivity index (χ3v) is 4.16. The molecule has 3 aromatic rings. The van der Waals surface area contributed by atoms with Gasteiger partial charge in [-0.3, -0.25) is 4.79 Å². The van der Waals surface area contributed by atoms with Gasteiger partial charge in [-0.2, -0.15) is 0 Å². The normalized spacial score (nSPS) is 10.6. The summed E-state index contributed by atoms with van der Waals surface area (Å²) in [6.45, 7) is 2.44. The zero-order chi connectivity index (χ0) is 18.5. The van der Waals surface area contributed by atoms with Crippen LogP contribution in [-0.4, -0.2) is 16.3 Å². The van der Waals surface area contributed by atoms with Crippen molar-refractivity contribution in [3.8, 4) is 0 Å². The number of hydrogen-bond acceptors (Lipinski definition) is 3. The van der Waals surface area contributed by atoms with Crippen LogP contribution in [0.15, 0.2) is 72.9 Å². The number of aromatic nitrogens is 1.